The Labute approximate surface area is 115 Å². The van der Waals surface area contributed by atoms with Crippen LogP contribution < -0.4 is 0 Å². The summed E-state index contributed by atoms with van der Waals surface area (Å²) < 4.78 is 4.83. The molecule has 0 aliphatic carbocycles. The van der Waals surface area contributed by atoms with Crippen LogP contribution in [0.3, 0.4) is 0 Å². The molecule has 0 radical (unpaired) electrons. The van der Waals surface area contributed by atoms with E-state index < -0.39 is 0 Å². The van der Waals surface area contributed by atoms with Gasteiger partial charge in [0.05, 0.1) is 0 Å². The van der Waals surface area contributed by atoms with Gasteiger partial charge in [0.1, 0.15) is 0 Å². The van der Waals surface area contributed by atoms with E-state index in [4.69, 9.17) is 11.2 Å². The molecule has 1 heteroatoms. The monoisotopic (exact) mass is 252 g/mol. The van der Waals surface area contributed by atoms with Crippen LogP contribution in [0.1, 0.15) is 55.4 Å². The Morgan fingerprint density at radius 3 is 1.78 bits per heavy atom. The fourth-order valence-corrected chi connectivity index (χ4v) is 1.12. The maximum absolute atomic E-state index is 5.11. The van der Waals surface area contributed by atoms with Gasteiger partial charge in [0.2, 0.25) is 0 Å². The highest BCUT2D eigenvalue weighted by Gasteiger charge is 2.12. The lowest BCUT2D eigenvalue weighted by Crippen LogP contribution is -2.06. The zero-order valence-electron chi connectivity index (χ0n) is 13.6. The van der Waals surface area contributed by atoms with Crippen LogP contribution in [-0.2, 0) is 4.74 Å². The Morgan fingerprint density at radius 2 is 1.61 bits per heavy atom. The molecule has 0 spiro atoms. The molecule has 0 atom stereocenters. The van der Waals surface area contributed by atoms with Crippen molar-refractivity contribution in [2.45, 2.75) is 55.4 Å². The summed E-state index contributed by atoms with van der Waals surface area (Å²) >= 11 is 0. The molecular weight excluding hydrogens is 220 g/mol. The summed E-state index contributed by atoms with van der Waals surface area (Å²) in [4.78, 5) is 0. The third-order valence-electron chi connectivity index (χ3n) is 1.94. The molecule has 0 aliphatic heterocycles. The first-order valence-corrected chi connectivity index (χ1v) is 6.81. The molecule has 0 unspecified atom stereocenters. The van der Waals surface area contributed by atoms with E-state index in [0.717, 1.165) is 13.2 Å². The topological polar surface area (TPSA) is 9.23 Å². The predicted molar refractivity (Wildman–Crippen MR) is 84.7 cm³/mol. The predicted octanol–water partition coefficient (Wildman–Crippen LogP) is 5.24. The van der Waals surface area contributed by atoms with Gasteiger partial charge in [-0.3, -0.25) is 0 Å². The van der Waals surface area contributed by atoms with Crippen LogP contribution in [0.2, 0.25) is 0 Å². The molecule has 0 aliphatic rings. The van der Waals surface area contributed by atoms with E-state index in [-0.39, 0.29) is 5.41 Å². The van der Waals surface area contributed by atoms with Gasteiger partial charge in [-0.2, -0.15) is 0 Å². The molecule has 18 heavy (non-hydrogen) atoms. The summed E-state index contributed by atoms with van der Waals surface area (Å²) in [5.74, 6) is 2.48. The number of rotatable bonds is 3. The quantitative estimate of drug-likeness (QED) is 0.493. The van der Waals surface area contributed by atoms with E-state index in [1.165, 1.54) is 5.57 Å². The van der Waals surface area contributed by atoms with Crippen LogP contribution in [0, 0.1) is 17.8 Å². The van der Waals surface area contributed by atoms with Crippen LogP contribution in [0.15, 0.2) is 23.8 Å². The van der Waals surface area contributed by atoms with Gasteiger partial charge in [-0.05, 0) is 37.8 Å². The molecule has 0 N–H and O–H groups in total. The number of allylic oxidation sites excluding steroid dienone is 4. The summed E-state index contributed by atoms with van der Waals surface area (Å²) in [6, 6.07) is 0. The Hall–Kier alpha value is -1.00. The molecule has 1 nitrogen and oxygen atoms in total. The van der Waals surface area contributed by atoms with Crippen LogP contribution in [-0.4, -0.2) is 13.2 Å². The van der Waals surface area contributed by atoms with Crippen molar-refractivity contribution in [3.8, 4) is 12.3 Å². The van der Waals surface area contributed by atoms with Crippen LogP contribution in [0.5, 0.6) is 0 Å². The highest BCUT2D eigenvalue weighted by atomic mass is 16.5. The van der Waals surface area contributed by atoms with Crippen LogP contribution in [0.4, 0.5) is 0 Å². The van der Waals surface area contributed by atoms with Gasteiger partial charge >= 0.3 is 0 Å². The van der Waals surface area contributed by atoms with Crippen molar-refractivity contribution >= 4 is 0 Å². The number of ether oxygens (including phenoxy) is 1. The lowest BCUT2D eigenvalue weighted by molar-refractivity contribution is 0.162. The largest absolute Gasteiger partial charge is 0.382 e. The van der Waals surface area contributed by atoms with Gasteiger partial charge in [-0.15, -0.1) is 6.42 Å². The van der Waals surface area contributed by atoms with Gasteiger partial charge in [0, 0.05) is 13.2 Å². The van der Waals surface area contributed by atoms with E-state index in [1.807, 2.05) is 40.7 Å². The standard InChI is InChI=1S/C11H16.C4H10O.C2H6/c1-6-8-9-10(7-2)11(3,4)5;1-3-5-4-2;1-2/h1,7-9H,2-5H3;3-4H2,1-2H3;1-2H3/b9-8-,10-7+;;. The normalized spacial score (nSPS) is 10.9. The Balaban J connectivity index is -0.000000270. The third-order valence-corrected chi connectivity index (χ3v) is 1.94. The van der Waals surface area contributed by atoms with Crippen LogP contribution in [0.25, 0.3) is 0 Å². The fraction of sp³-hybridized carbons (Fsp3) is 0.647. The van der Waals surface area contributed by atoms with Gasteiger partial charge in [-0.25, -0.2) is 0 Å². The van der Waals surface area contributed by atoms with Crippen molar-refractivity contribution in [3.63, 3.8) is 0 Å². The zero-order chi connectivity index (χ0) is 15.0. The minimum atomic E-state index is 0.197. The van der Waals surface area contributed by atoms with Gasteiger partial charge in [0.25, 0.3) is 0 Å². The second kappa shape index (κ2) is 16.0. The Morgan fingerprint density at radius 1 is 1.17 bits per heavy atom. The van der Waals surface area contributed by atoms with Gasteiger partial charge in [-0.1, -0.05) is 52.7 Å². The fourth-order valence-electron chi connectivity index (χ4n) is 1.12. The molecule has 0 bridgehead atoms. The van der Waals surface area contributed by atoms with E-state index in [9.17, 15) is 0 Å². The second-order valence-electron chi connectivity index (χ2n) is 4.28. The molecule has 0 aromatic carbocycles. The number of terminal acetylenes is 1. The van der Waals surface area contributed by atoms with Crippen molar-refractivity contribution in [1.29, 1.82) is 0 Å². The molecule has 0 aromatic rings. The zero-order valence-corrected chi connectivity index (χ0v) is 13.6. The van der Waals surface area contributed by atoms with E-state index in [0.29, 0.717) is 0 Å². The molecule has 106 valence electrons. The Kier molecular flexibility index (Phi) is 19.7. The molecule has 0 saturated carbocycles. The van der Waals surface area contributed by atoms with Gasteiger partial charge < -0.3 is 4.74 Å². The third kappa shape index (κ3) is 17.4. The summed E-state index contributed by atoms with van der Waals surface area (Å²) in [5.41, 5.74) is 1.47. The summed E-state index contributed by atoms with van der Waals surface area (Å²) in [6.45, 7) is 18.2. The minimum Gasteiger partial charge on any atom is -0.382 e. The lowest BCUT2D eigenvalue weighted by atomic mass is 9.86. The SMILES string of the molecule is C#C/C=C\C(=C/C)C(C)(C)C.CC.CCOCC. The number of hydrogen-bond acceptors (Lipinski definition) is 1. The van der Waals surface area contributed by atoms with Crippen molar-refractivity contribution in [3.05, 3.63) is 23.8 Å². The molecule has 0 aromatic heterocycles. The summed E-state index contributed by atoms with van der Waals surface area (Å²) in [5, 5.41) is 0. The molecule has 0 heterocycles. The molecule has 0 fully saturated rings. The summed E-state index contributed by atoms with van der Waals surface area (Å²) in [7, 11) is 0. The maximum Gasteiger partial charge on any atom is 0.0437 e. The van der Waals surface area contributed by atoms with Crippen molar-refractivity contribution < 1.29 is 4.74 Å². The minimum absolute atomic E-state index is 0.197. The van der Waals surface area contributed by atoms with Crippen molar-refractivity contribution in [1.82, 2.24) is 0 Å². The second-order valence-corrected chi connectivity index (χ2v) is 4.28. The average molecular weight is 252 g/mol. The van der Waals surface area contributed by atoms with Crippen molar-refractivity contribution in [2.75, 3.05) is 13.2 Å². The van der Waals surface area contributed by atoms with Crippen LogP contribution >= 0.6 is 0 Å². The Bertz CT molecular complexity index is 244. The van der Waals surface area contributed by atoms with E-state index in [1.54, 1.807) is 6.08 Å². The highest BCUT2D eigenvalue weighted by Crippen LogP contribution is 2.25. The first kappa shape index (κ1) is 22.2. The smallest absolute Gasteiger partial charge is 0.0437 e. The van der Waals surface area contributed by atoms with Crippen molar-refractivity contribution in [2.24, 2.45) is 5.41 Å². The first-order chi connectivity index (χ1) is 8.43. The van der Waals surface area contributed by atoms with E-state index in [2.05, 4.69) is 32.8 Å². The highest BCUT2D eigenvalue weighted by molar-refractivity contribution is 5.28. The number of hydrogen-bond donors (Lipinski definition) is 0. The van der Waals surface area contributed by atoms with E-state index >= 15 is 0 Å². The molecule has 0 rings (SSSR count). The lowest BCUT2D eigenvalue weighted by Gasteiger charge is -2.19. The molecule has 0 amide bonds. The average Bonchev–Trinajstić information content (AvgIpc) is 2.33. The summed E-state index contributed by atoms with van der Waals surface area (Å²) in [6.07, 6.45) is 10.9. The molecule has 0 saturated heterocycles. The maximum atomic E-state index is 5.11. The van der Waals surface area contributed by atoms with Gasteiger partial charge in [0.15, 0.2) is 0 Å². The molecular formula is C17H32O. The first-order valence-electron chi connectivity index (χ1n) is 6.81.